The van der Waals surface area contributed by atoms with Gasteiger partial charge in [0, 0.05) is 17.5 Å². The summed E-state index contributed by atoms with van der Waals surface area (Å²) in [6.07, 6.45) is 0. The Kier molecular flexibility index (Phi) is 3.71. The van der Waals surface area contributed by atoms with Crippen molar-refractivity contribution in [3.8, 4) is 0 Å². The predicted octanol–water partition coefficient (Wildman–Crippen LogP) is 1.90. The number of benzene rings is 1. The Morgan fingerprint density at radius 1 is 1.00 bits per heavy atom. The van der Waals surface area contributed by atoms with Crippen LogP contribution in [-0.2, 0) is 22.4 Å². The average molecular weight is 328 g/mol. The summed E-state index contributed by atoms with van der Waals surface area (Å²) in [5, 5.41) is 0. The molecule has 0 aromatic heterocycles. The zero-order valence-electron chi connectivity index (χ0n) is 4.59. The number of halogens is 3. The Morgan fingerprint density at radius 2 is 1.40 bits per heavy atom. The van der Waals surface area contributed by atoms with Crippen molar-refractivity contribution in [1.29, 1.82) is 0 Å². The zero-order chi connectivity index (χ0) is 6.85. The quantitative estimate of drug-likeness (QED) is 0.504. The molecule has 58 valence electrons. The molecule has 0 nitrogen and oxygen atoms in total. The summed E-state index contributed by atoms with van der Waals surface area (Å²) in [5.74, 6) is -2.97. The van der Waals surface area contributed by atoms with Gasteiger partial charge in [-0.3, -0.25) is 0 Å². The SMILES string of the molecule is Fc1[c-]c(F)cc(F)c1.[Au+]. The number of hydrogen-bond donors (Lipinski definition) is 0. The molecule has 0 bridgehead atoms. The molecule has 0 saturated heterocycles. The van der Waals surface area contributed by atoms with Crippen molar-refractivity contribution < 1.29 is 35.6 Å². The van der Waals surface area contributed by atoms with E-state index in [4.69, 9.17) is 0 Å². The Labute approximate surface area is 71.6 Å². The van der Waals surface area contributed by atoms with E-state index in [2.05, 4.69) is 0 Å². The second-order valence-electron chi connectivity index (χ2n) is 1.49. The fraction of sp³-hybridized carbons (Fsp3) is 0. The molecular weight excluding hydrogens is 326 g/mol. The van der Waals surface area contributed by atoms with E-state index in [1.165, 1.54) is 0 Å². The summed E-state index contributed by atoms with van der Waals surface area (Å²) in [4.78, 5) is 0. The van der Waals surface area contributed by atoms with Crippen LogP contribution in [0.1, 0.15) is 0 Å². The molecule has 0 fully saturated rings. The van der Waals surface area contributed by atoms with E-state index in [1.807, 2.05) is 0 Å². The van der Waals surface area contributed by atoms with Crippen LogP contribution >= 0.6 is 0 Å². The largest absolute Gasteiger partial charge is 1.00 e. The van der Waals surface area contributed by atoms with Crippen LogP contribution in [0.25, 0.3) is 0 Å². The normalized spacial score (nSPS) is 8.70. The number of rotatable bonds is 0. The molecule has 0 atom stereocenters. The summed E-state index contributed by atoms with van der Waals surface area (Å²) in [6.45, 7) is 0. The van der Waals surface area contributed by atoms with Gasteiger partial charge in [0.25, 0.3) is 0 Å². The summed E-state index contributed by atoms with van der Waals surface area (Å²) in [7, 11) is 0. The van der Waals surface area contributed by atoms with Crippen molar-refractivity contribution in [3.05, 3.63) is 35.7 Å². The van der Waals surface area contributed by atoms with Gasteiger partial charge in [-0.25, -0.2) is 13.2 Å². The smallest absolute Gasteiger partial charge is 0.236 e. The van der Waals surface area contributed by atoms with E-state index >= 15 is 0 Å². The van der Waals surface area contributed by atoms with E-state index in [0.29, 0.717) is 12.1 Å². The predicted molar refractivity (Wildman–Crippen MR) is 25.2 cm³/mol. The maximum Gasteiger partial charge on any atom is 1.00 e. The first kappa shape index (κ1) is 9.75. The topological polar surface area (TPSA) is 0 Å². The van der Waals surface area contributed by atoms with Crippen LogP contribution in [0, 0.1) is 23.5 Å². The molecule has 0 spiro atoms. The van der Waals surface area contributed by atoms with Gasteiger partial charge in [-0.1, -0.05) is 0 Å². The van der Waals surface area contributed by atoms with Gasteiger partial charge in [-0.15, -0.1) is 18.2 Å². The third-order valence-electron chi connectivity index (χ3n) is 0.768. The maximum atomic E-state index is 11.9. The van der Waals surface area contributed by atoms with E-state index in [-0.39, 0.29) is 22.4 Å². The molecule has 1 aromatic rings. The molecule has 0 unspecified atom stereocenters. The molecule has 0 aliphatic carbocycles. The second kappa shape index (κ2) is 3.81. The standard InChI is InChI=1S/C6H2F3.Au/c7-4-1-5(8)3-6(9)2-4;/h1-2H;/q-1;+1. The summed E-state index contributed by atoms with van der Waals surface area (Å²) in [6, 6.07) is 2.75. The molecule has 0 aliphatic rings. The van der Waals surface area contributed by atoms with Gasteiger partial charge in [-0.05, 0) is 0 Å². The zero-order valence-corrected chi connectivity index (χ0v) is 6.76. The van der Waals surface area contributed by atoms with E-state index < -0.39 is 17.5 Å². The fourth-order valence-corrected chi connectivity index (χ4v) is 0.470. The van der Waals surface area contributed by atoms with Crippen molar-refractivity contribution in [2.24, 2.45) is 0 Å². The molecule has 0 N–H and O–H groups in total. The van der Waals surface area contributed by atoms with Crippen LogP contribution in [0.2, 0.25) is 0 Å². The van der Waals surface area contributed by atoms with E-state index in [1.54, 1.807) is 6.07 Å². The minimum absolute atomic E-state index is 0. The molecule has 0 amide bonds. The summed E-state index contributed by atoms with van der Waals surface area (Å²) >= 11 is 0. The van der Waals surface area contributed by atoms with Gasteiger partial charge in [0.1, 0.15) is 0 Å². The molecule has 0 radical (unpaired) electrons. The second-order valence-corrected chi connectivity index (χ2v) is 1.49. The Bertz CT molecular complexity index is 174. The van der Waals surface area contributed by atoms with Crippen LogP contribution < -0.4 is 0 Å². The van der Waals surface area contributed by atoms with Crippen molar-refractivity contribution in [2.45, 2.75) is 0 Å². The maximum absolute atomic E-state index is 11.9. The van der Waals surface area contributed by atoms with Crippen molar-refractivity contribution in [1.82, 2.24) is 0 Å². The minimum atomic E-state index is -1.02. The molecule has 1 rings (SSSR count). The summed E-state index contributed by atoms with van der Waals surface area (Å²) < 4.78 is 35.7. The first-order chi connectivity index (χ1) is 4.18. The molecule has 0 heterocycles. The van der Waals surface area contributed by atoms with Gasteiger partial charge in [-0.2, -0.15) is 0 Å². The Morgan fingerprint density at radius 3 is 1.70 bits per heavy atom. The van der Waals surface area contributed by atoms with Crippen LogP contribution in [0.5, 0.6) is 0 Å². The monoisotopic (exact) mass is 328 g/mol. The van der Waals surface area contributed by atoms with Crippen LogP contribution in [0.15, 0.2) is 12.1 Å². The Balaban J connectivity index is 0.000000810. The molecule has 0 saturated carbocycles. The van der Waals surface area contributed by atoms with Gasteiger partial charge < -0.3 is 0 Å². The average Bonchev–Trinajstić information content (AvgIpc) is 1.59. The van der Waals surface area contributed by atoms with Gasteiger partial charge >= 0.3 is 22.4 Å². The van der Waals surface area contributed by atoms with Gasteiger partial charge in [0.15, 0.2) is 0 Å². The molecule has 1 aromatic carbocycles. The van der Waals surface area contributed by atoms with Gasteiger partial charge in [0.05, 0.1) is 0 Å². The third kappa shape index (κ3) is 2.56. The molecule has 0 aliphatic heterocycles. The van der Waals surface area contributed by atoms with Crippen LogP contribution in [-0.4, -0.2) is 0 Å². The van der Waals surface area contributed by atoms with E-state index in [9.17, 15) is 13.2 Å². The van der Waals surface area contributed by atoms with Crippen molar-refractivity contribution >= 4 is 0 Å². The van der Waals surface area contributed by atoms with E-state index in [0.717, 1.165) is 0 Å². The van der Waals surface area contributed by atoms with Crippen LogP contribution in [0.3, 0.4) is 0 Å². The molecule has 10 heavy (non-hydrogen) atoms. The molecule has 4 heteroatoms. The van der Waals surface area contributed by atoms with Crippen molar-refractivity contribution in [2.75, 3.05) is 0 Å². The Hall–Kier alpha value is -0.250. The number of hydrogen-bond acceptors (Lipinski definition) is 0. The van der Waals surface area contributed by atoms with Crippen molar-refractivity contribution in [3.63, 3.8) is 0 Å². The third-order valence-corrected chi connectivity index (χ3v) is 0.768. The minimum Gasteiger partial charge on any atom is -0.236 e. The summed E-state index contributed by atoms with van der Waals surface area (Å²) in [5.41, 5.74) is 0. The van der Waals surface area contributed by atoms with Gasteiger partial charge in [0.2, 0.25) is 0 Å². The first-order valence-electron chi connectivity index (χ1n) is 2.22. The molecular formula is C6H2AuF3. The first-order valence-corrected chi connectivity index (χ1v) is 2.22. The van der Waals surface area contributed by atoms with Crippen LogP contribution in [0.4, 0.5) is 13.2 Å². The fourth-order valence-electron chi connectivity index (χ4n) is 0.470.